The molecule has 5 N–H and O–H groups in total. The number of hydrazine groups is 1. The highest BCUT2D eigenvalue weighted by Gasteiger charge is 2.16. The van der Waals surface area contributed by atoms with Crippen LogP contribution in [-0.2, 0) is 6.42 Å². The molecule has 0 bridgehead atoms. The summed E-state index contributed by atoms with van der Waals surface area (Å²) in [5.41, 5.74) is 10.3. The number of anilines is 1. The van der Waals surface area contributed by atoms with Crippen LogP contribution < -0.4 is 17.0 Å². The SMILES string of the molecule is NNC(Cc1ccc(F)cc1Br)c1cc(F)ccc1N. The lowest BCUT2D eigenvalue weighted by Gasteiger charge is -2.19. The fourth-order valence-corrected chi connectivity index (χ4v) is 2.53. The molecular weight excluding hydrogens is 328 g/mol. The molecule has 0 aromatic heterocycles. The van der Waals surface area contributed by atoms with Gasteiger partial charge in [-0.3, -0.25) is 11.3 Å². The van der Waals surface area contributed by atoms with Crippen molar-refractivity contribution in [1.82, 2.24) is 5.43 Å². The maximum Gasteiger partial charge on any atom is 0.124 e. The molecule has 106 valence electrons. The summed E-state index contributed by atoms with van der Waals surface area (Å²) in [6.07, 6.45) is 0.449. The first kappa shape index (κ1) is 14.9. The third-order valence-corrected chi connectivity index (χ3v) is 3.80. The predicted molar refractivity (Wildman–Crippen MR) is 78.7 cm³/mol. The lowest BCUT2D eigenvalue weighted by molar-refractivity contribution is 0.544. The van der Waals surface area contributed by atoms with E-state index in [0.717, 1.165) is 5.56 Å². The third-order valence-electron chi connectivity index (χ3n) is 3.06. The Morgan fingerprint density at radius 2 is 1.75 bits per heavy atom. The molecule has 0 saturated carbocycles. The Morgan fingerprint density at radius 3 is 2.40 bits per heavy atom. The van der Waals surface area contributed by atoms with Crippen molar-refractivity contribution in [3.05, 3.63) is 63.6 Å². The van der Waals surface area contributed by atoms with E-state index >= 15 is 0 Å². The molecule has 0 fully saturated rings. The topological polar surface area (TPSA) is 64.1 Å². The van der Waals surface area contributed by atoms with Gasteiger partial charge in [-0.05, 0) is 47.9 Å². The van der Waals surface area contributed by atoms with Gasteiger partial charge in [-0.15, -0.1) is 0 Å². The van der Waals surface area contributed by atoms with Crippen LogP contribution >= 0.6 is 15.9 Å². The summed E-state index contributed by atoms with van der Waals surface area (Å²) in [7, 11) is 0. The molecule has 2 rings (SSSR count). The summed E-state index contributed by atoms with van der Waals surface area (Å²) in [4.78, 5) is 0. The van der Waals surface area contributed by atoms with Gasteiger partial charge in [0.25, 0.3) is 0 Å². The predicted octanol–water partition coefficient (Wildman–Crippen LogP) is 3.06. The molecule has 3 nitrogen and oxygen atoms in total. The fourth-order valence-electron chi connectivity index (χ4n) is 2.01. The van der Waals surface area contributed by atoms with Crippen molar-refractivity contribution in [2.45, 2.75) is 12.5 Å². The smallest absolute Gasteiger partial charge is 0.124 e. The maximum atomic E-state index is 13.3. The highest BCUT2D eigenvalue weighted by Crippen LogP contribution is 2.27. The summed E-state index contributed by atoms with van der Waals surface area (Å²) < 4.78 is 27.0. The summed E-state index contributed by atoms with van der Waals surface area (Å²) in [6.45, 7) is 0. The van der Waals surface area contributed by atoms with E-state index < -0.39 is 0 Å². The van der Waals surface area contributed by atoms with E-state index in [2.05, 4.69) is 21.4 Å². The maximum absolute atomic E-state index is 13.3. The van der Waals surface area contributed by atoms with Crippen LogP contribution in [0.1, 0.15) is 17.2 Å². The minimum atomic E-state index is -0.382. The molecule has 0 saturated heterocycles. The molecule has 0 aliphatic heterocycles. The molecular formula is C14H14BrF2N3. The van der Waals surface area contributed by atoms with E-state index in [9.17, 15) is 8.78 Å². The number of nitrogens with two attached hydrogens (primary N) is 2. The standard InChI is InChI=1S/C14H14BrF2N3/c15-12-7-10(17)2-1-8(12)5-14(20-19)11-6-9(16)3-4-13(11)18/h1-4,6-7,14,20H,5,18-19H2. The highest BCUT2D eigenvalue weighted by molar-refractivity contribution is 9.10. The lowest BCUT2D eigenvalue weighted by atomic mass is 9.98. The van der Waals surface area contributed by atoms with E-state index in [0.29, 0.717) is 22.1 Å². The monoisotopic (exact) mass is 341 g/mol. The van der Waals surface area contributed by atoms with E-state index in [4.69, 9.17) is 11.6 Å². The number of hydrogen-bond donors (Lipinski definition) is 3. The van der Waals surface area contributed by atoms with Crippen LogP contribution in [0.25, 0.3) is 0 Å². The van der Waals surface area contributed by atoms with Gasteiger partial charge < -0.3 is 5.73 Å². The first-order chi connectivity index (χ1) is 9.51. The number of hydrogen-bond acceptors (Lipinski definition) is 3. The van der Waals surface area contributed by atoms with Crippen LogP contribution in [0, 0.1) is 11.6 Å². The van der Waals surface area contributed by atoms with E-state index in [1.54, 1.807) is 6.07 Å². The Kier molecular flexibility index (Phi) is 4.69. The van der Waals surface area contributed by atoms with Crippen molar-refractivity contribution in [2.75, 3.05) is 5.73 Å². The van der Waals surface area contributed by atoms with Gasteiger partial charge in [-0.1, -0.05) is 22.0 Å². The van der Waals surface area contributed by atoms with Gasteiger partial charge in [0, 0.05) is 10.2 Å². The van der Waals surface area contributed by atoms with Crippen molar-refractivity contribution < 1.29 is 8.78 Å². The van der Waals surface area contributed by atoms with Crippen LogP contribution in [0.2, 0.25) is 0 Å². The van der Waals surface area contributed by atoms with Crippen LogP contribution in [0.15, 0.2) is 40.9 Å². The Labute approximate surface area is 124 Å². The molecule has 2 aromatic carbocycles. The molecule has 2 aromatic rings. The van der Waals surface area contributed by atoms with E-state index in [-0.39, 0.29) is 17.7 Å². The molecule has 0 amide bonds. The molecule has 6 heteroatoms. The average molecular weight is 342 g/mol. The minimum absolute atomic E-state index is 0.330. The van der Waals surface area contributed by atoms with Gasteiger partial charge in [0.05, 0.1) is 6.04 Å². The molecule has 0 aliphatic carbocycles. The Morgan fingerprint density at radius 1 is 1.10 bits per heavy atom. The van der Waals surface area contributed by atoms with Gasteiger partial charge >= 0.3 is 0 Å². The molecule has 1 atom stereocenters. The average Bonchev–Trinajstić information content (AvgIpc) is 2.41. The zero-order valence-corrected chi connectivity index (χ0v) is 12.1. The van der Waals surface area contributed by atoms with Crippen molar-refractivity contribution in [3.8, 4) is 0 Å². The van der Waals surface area contributed by atoms with Gasteiger partial charge in [0.15, 0.2) is 0 Å². The van der Waals surface area contributed by atoms with Gasteiger partial charge in [-0.2, -0.15) is 0 Å². The first-order valence-electron chi connectivity index (χ1n) is 5.96. The largest absolute Gasteiger partial charge is 0.398 e. The third kappa shape index (κ3) is 3.33. The van der Waals surface area contributed by atoms with Crippen molar-refractivity contribution in [3.63, 3.8) is 0 Å². The summed E-state index contributed by atoms with van der Waals surface area (Å²) in [5.74, 6) is 4.82. The zero-order chi connectivity index (χ0) is 14.7. The van der Waals surface area contributed by atoms with Crippen LogP contribution in [0.5, 0.6) is 0 Å². The molecule has 0 spiro atoms. The van der Waals surface area contributed by atoms with E-state index in [1.165, 1.54) is 30.3 Å². The minimum Gasteiger partial charge on any atom is -0.398 e. The molecule has 0 radical (unpaired) electrons. The first-order valence-corrected chi connectivity index (χ1v) is 6.75. The highest BCUT2D eigenvalue weighted by atomic mass is 79.9. The number of benzene rings is 2. The Hall–Kier alpha value is -1.50. The van der Waals surface area contributed by atoms with Crippen molar-refractivity contribution in [1.29, 1.82) is 0 Å². The van der Waals surface area contributed by atoms with Gasteiger partial charge in [0.1, 0.15) is 11.6 Å². The van der Waals surface area contributed by atoms with Crippen molar-refractivity contribution in [2.24, 2.45) is 5.84 Å². The molecule has 1 unspecified atom stereocenters. The quantitative estimate of drug-likeness (QED) is 0.455. The summed E-state index contributed by atoms with van der Waals surface area (Å²) in [5, 5.41) is 0. The second kappa shape index (κ2) is 6.30. The van der Waals surface area contributed by atoms with Gasteiger partial charge in [-0.25, -0.2) is 8.78 Å². The number of rotatable bonds is 4. The summed E-state index contributed by atoms with van der Waals surface area (Å²) >= 11 is 3.30. The Bertz CT molecular complexity index is 619. The zero-order valence-electron chi connectivity index (χ0n) is 10.5. The Balaban J connectivity index is 2.31. The number of halogens is 3. The molecule has 0 aliphatic rings. The lowest BCUT2D eigenvalue weighted by Crippen LogP contribution is -2.30. The van der Waals surface area contributed by atoms with Crippen molar-refractivity contribution >= 4 is 21.6 Å². The fraction of sp³-hybridized carbons (Fsp3) is 0.143. The second-order valence-electron chi connectivity index (χ2n) is 4.43. The normalized spacial score (nSPS) is 12.4. The molecule has 20 heavy (non-hydrogen) atoms. The van der Waals surface area contributed by atoms with Gasteiger partial charge in [0.2, 0.25) is 0 Å². The van der Waals surface area contributed by atoms with Crippen LogP contribution in [0.3, 0.4) is 0 Å². The summed E-state index contributed by atoms with van der Waals surface area (Å²) in [6, 6.07) is 8.15. The number of nitrogens with one attached hydrogen (secondary N) is 1. The second-order valence-corrected chi connectivity index (χ2v) is 5.29. The number of nitrogen functional groups attached to an aromatic ring is 1. The van der Waals surface area contributed by atoms with Crippen LogP contribution in [-0.4, -0.2) is 0 Å². The van der Waals surface area contributed by atoms with E-state index in [1.807, 2.05) is 0 Å². The van der Waals surface area contributed by atoms with Crippen LogP contribution in [0.4, 0.5) is 14.5 Å². The molecule has 0 heterocycles.